The van der Waals surface area contributed by atoms with Crippen molar-refractivity contribution in [3.8, 4) is 22.4 Å². The van der Waals surface area contributed by atoms with Gasteiger partial charge in [0.1, 0.15) is 11.5 Å². The second-order valence-corrected chi connectivity index (χ2v) is 13.7. The third-order valence-electron chi connectivity index (χ3n) is 11.1. The van der Waals surface area contributed by atoms with E-state index in [4.69, 9.17) is 9.26 Å². The Morgan fingerprint density at radius 2 is 1.77 bits per heavy atom. The number of ether oxygens (including phenoxy) is 1. The van der Waals surface area contributed by atoms with E-state index in [0.29, 0.717) is 29.0 Å². The Bertz CT molecular complexity index is 1900. The molecule has 0 radical (unpaired) electrons. The number of aromatic nitrogens is 1. The van der Waals surface area contributed by atoms with Crippen molar-refractivity contribution in [1.82, 2.24) is 5.16 Å². The maximum Gasteiger partial charge on any atom is 0.417 e. The molecule has 10 heteroatoms. The van der Waals surface area contributed by atoms with Crippen molar-refractivity contribution in [2.75, 3.05) is 5.32 Å². The largest absolute Gasteiger partial charge is 0.478 e. The first-order valence-corrected chi connectivity index (χ1v) is 16.0. The maximum atomic E-state index is 13.9. The molecule has 4 saturated carbocycles. The van der Waals surface area contributed by atoms with E-state index < -0.39 is 23.3 Å². The number of rotatable bonds is 9. The van der Waals surface area contributed by atoms with Crippen molar-refractivity contribution in [3.63, 3.8) is 0 Å². The summed E-state index contributed by atoms with van der Waals surface area (Å²) in [5, 5.41) is 16.9. The molecule has 1 heterocycles. The van der Waals surface area contributed by atoms with Gasteiger partial charge in [0.25, 0.3) is 0 Å². The number of nitrogens with zero attached hydrogens (tertiary/aromatic N) is 1. The van der Waals surface area contributed by atoms with E-state index in [2.05, 4.69) is 17.4 Å². The van der Waals surface area contributed by atoms with E-state index in [0.717, 1.165) is 37.3 Å². The van der Waals surface area contributed by atoms with Gasteiger partial charge in [-0.1, -0.05) is 53.7 Å². The molecule has 0 aliphatic heterocycles. The average molecular weight is 643 g/mol. The third-order valence-corrected chi connectivity index (χ3v) is 11.1. The smallest absolute Gasteiger partial charge is 0.417 e. The standard InChI is InChI=1S/C37H33F3N2O5/c1-35(46-19-26-31(42-47-32(26)21-11-12-21)24-9-5-6-10-27(24)37(38,39)40)18-28-30(36(28)16-15-29(35)36)33(43)41-22-13-14-23(34(44)45)25(17-22)20-7-3-2-4-8-20/h2-10,13-14,17,21,28-30H,11-12,15-16,18-19H2,1H3,(H,41,43)(H,44,45). The summed E-state index contributed by atoms with van der Waals surface area (Å²) in [5.41, 5.74) is 1.25. The molecule has 0 saturated heterocycles. The van der Waals surface area contributed by atoms with Crippen LogP contribution in [0.2, 0.25) is 0 Å². The van der Waals surface area contributed by atoms with Crippen LogP contribution < -0.4 is 5.32 Å². The zero-order chi connectivity index (χ0) is 32.7. The normalized spacial score (nSPS) is 27.4. The van der Waals surface area contributed by atoms with Crippen LogP contribution in [0.4, 0.5) is 18.9 Å². The van der Waals surface area contributed by atoms with Gasteiger partial charge in [-0.15, -0.1) is 0 Å². The fraction of sp³-hybridized carbons (Fsp3) is 0.378. The lowest BCUT2D eigenvalue weighted by Crippen LogP contribution is -2.46. The Labute approximate surface area is 269 Å². The first-order chi connectivity index (χ1) is 22.5. The van der Waals surface area contributed by atoms with Gasteiger partial charge in [-0.05, 0) is 91.7 Å². The van der Waals surface area contributed by atoms with E-state index >= 15 is 0 Å². The summed E-state index contributed by atoms with van der Waals surface area (Å²) in [6, 6.07) is 19.5. The molecular weight excluding hydrogens is 609 g/mol. The van der Waals surface area contributed by atoms with Crippen LogP contribution in [0.15, 0.2) is 77.3 Å². The highest BCUT2D eigenvalue weighted by Gasteiger charge is 2.82. The number of anilines is 1. The van der Waals surface area contributed by atoms with Crippen LogP contribution in [0, 0.1) is 23.2 Å². The second-order valence-electron chi connectivity index (χ2n) is 13.7. The molecule has 0 bridgehead atoms. The number of hydrogen-bond donors (Lipinski definition) is 2. The summed E-state index contributed by atoms with van der Waals surface area (Å²) in [6.45, 7) is 2.14. The minimum Gasteiger partial charge on any atom is -0.478 e. The fourth-order valence-electron chi connectivity index (χ4n) is 8.72. The number of nitrogens with one attached hydrogen (secondary N) is 1. The molecule has 1 aromatic heterocycles. The molecule has 1 amide bonds. The van der Waals surface area contributed by atoms with Gasteiger partial charge in [0.15, 0.2) is 0 Å². The highest BCUT2D eigenvalue weighted by molar-refractivity contribution is 6.00. The lowest BCUT2D eigenvalue weighted by molar-refractivity contribution is -0.137. The van der Waals surface area contributed by atoms with Crippen LogP contribution in [0.25, 0.3) is 22.4 Å². The number of hydrogen-bond acceptors (Lipinski definition) is 5. The van der Waals surface area contributed by atoms with Crippen molar-refractivity contribution >= 4 is 17.6 Å². The van der Waals surface area contributed by atoms with Crippen LogP contribution >= 0.6 is 0 Å². The van der Waals surface area contributed by atoms with E-state index in [1.165, 1.54) is 18.2 Å². The molecule has 2 N–H and O–H groups in total. The number of carboxylic acids is 1. The van der Waals surface area contributed by atoms with Crippen molar-refractivity contribution in [3.05, 3.63) is 95.2 Å². The maximum absolute atomic E-state index is 13.9. The molecule has 4 fully saturated rings. The van der Waals surface area contributed by atoms with Gasteiger partial charge >= 0.3 is 12.1 Å². The van der Waals surface area contributed by atoms with Gasteiger partial charge in [-0.25, -0.2) is 4.79 Å². The molecule has 4 aliphatic carbocycles. The quantitative estimate of drug-likeness (QED) is 0.190. The Morgan fingerprint density at radius 3 is 2.43 bits per heavy atom. The van der Waals surface area contributed by atoms with Crippen LogP contribution in [-0.2, 0) is 22.3 Å². The van der Waals surface area contributed by atoms with Crippen LogP contribution in [0.3, 0.4) is 0 Å². The summed E-state index contributed by atoms with van der Waals surface area (Å²) in [5.74, 6) is -0.287. The van der Waals surface area contributed by atoms with Gasteiger partial charge in [0, 0.05) is 28.7 Å². The van der Waals surface area contributed by atoms with E-state index in [1.807, 2.05) is 30.3 Å². The number of carbonyl (C=O) groups excluding carboxylic acids is 1. The number of carboxylic acid groups (broad SMARTS) is 1. The number of carbonyl (C=O) groups is 2. The minimum absolute atomic E-state index is 0.0164. The van der Waals surface area contributed by atoms with Crippen molar-refractivity contribution in [1.29, 1.82) is 0 Å². The number of amides is 1. The zero-order valence-electron chi connectivity index (χ0n) is 25.6. The van der Waals surface area contributed by atoms with Crippen molar-refractivity contribution in [2.45, 2.75) is 63.3 Å². The average Bonchev–Trinajstić information content (AvgIpc) is 3.93. The molecule has 242 valence electrons. The minimum atomic E-state index is -4.54. The monoisotopic (exact) mass is 642 g/mol. The van der Waals surface area contributed by atoms with E-state index in [9.17, 15) is 27.9 Å². The molecule has 7 nitrogen and oxygen atoms in total. The number of alkyl halides is 3. The third kappa shape index (κ3) is 4.79. The molecule has 5 unspecified atom stereocenters. The topological polar surface area (TPSA) is 102 Å². The molecule has 3 aromatic carbocycles. The number of halogens is 3. The van der Waals surface area contributed by atoms with Gasteiger partial charge < -0.3 is 19.7 Å². The van der Waals surface area contributed by atoms with Crippen LogP contribution in [0.5, 0.6) is 0 Å². The fourth-order valence-corrected chi connectivity index (χ4v) is 8.72. The lowest BCUT2D eigenvalue weighted by atomic mass is 9.64. The van der Waals surface area contributed by atoms with Gasteiger partial charge in [0.05, 0.1) is 23.3 Å². The van der Waals surface area contributed by atoms with Gasteiger partial charge in [0.2, 0.25) is 5.91 Å². The number of benzene rings is 3. The summed E-state index contributed by atoms with van der Waals surface area (Å²) < 4.78 is 54.1. The molecule has 4 aliphatic rings. The molecule has 1 spiro atoms. The summed E-state index contributed by atoms with van der Waals surface area (Å²) in [7, 11) is 0. The first kappa shape index (κ1) is 29.9. The van der Waals surface area contributed by atoms with Crippen molar-refractivity contribution < 1.29 is 37.1 Å². The zero-order valence-corrected chi connectivity index (χ0v) is 25.6. The van der Waals surface area contributed by atoms with E-state index in [1.54, 1.807) is 18.2 Å². The predicted octanol–water partition coefficient (Wildman–Crippen LogP) is 8.56. The number of aromatic carboxylic acids is 1. The summed E-state index contributed by atoms with van der Waals surface area (Å²) in [6.07, 6.45) is -0.252. The SMILES string of the molecule is CC1(OCc2c(-c3ccccc3C(F)(F)F)noc2C2CC2)CC2C(C(=O)Nc3ccc(C(=O)O)c(-c4ccccc4)c3)C23CCC13. The summed E-state index contributed by atoms with van der Waals surface area (Å²) in [4.78, 5) is 25.6. The Balaban J connectivity index is 1.000. The molecule has 8 rings (SSSR count). The van der Waals surface area contributed by atoms with Crippen LogP contribution in [-0.4, -0.2) is 27.7 Å². The van der Waals surface area contributed by atoms with Gasteiger partial charge in [-0.2, -0.15) is 13.2 Å². The molecule has 5 atom stereocenters. The molecule has 4 aromatic rings. The highest BCUT2D eigenvalue weighted by atomic mass is 19.4. The molecular formula is C37H33F3N2O5. The van der Waals surface area contributed by atoms with E-state index in [-0.39, 0.29) is 58.4 Å². The predicted molar refractivity (Wildman–Crippen MR) is 166 cm³/mol. The highest BCUT2D eigenvalue weighted by Crippen LogP contribution is 2.82. The first-order valence-electron chi connectivity index (χ1n) is 16.0. The lowest BCUT2D eigenvalue weighted by Gasteiger charge is -2.46. The Kier molecular flexibility index (Phi) is 6.71. The molecule has 47 heavy (non-hydrogen) atoms. The van der Waals surface area contributed by atoms with Crippen molar-refractivity contribution in [2.24, 2.45) is 23.2 Å². The van der Waals surface area contributed by atoms with Crippen LogP contribution in [0.1, 0.15) is 72.2 Å². The Hall–Kier alpha value is -4.44. The van der Waals surface area contributed by atoms with Gasteiger partial charge in [-0.3, -0.25) is 4.79 Å². The summed E-state index contributed by atoms with van der Waals surface area (Å²) >= 11 is 0. The second kappa shape index (κ2) is 10.5. The Morgan fingerprint density at radius 1 is 1.02 bits per heavy atom.